The number of anilines is 2. The van der Waals surface area contributed by atoms with E-state index in [1.165, 1.54) is 11.2 Å². The van der Waals surface area contributed by atoms with E-state index in [9.17, 15) is 19.6 Å². The molecule has 0 saturated carbocycles. The molecular formula is C10H15N4O8P. The molecule has 0 amide bonds. The molecule has 2 aliphatic rings. The van der Waals surface area contributed by atoms with Gasteiger partial charge in [-0.2, -0.15) is 0 Å². The number of rotatable bonds is 4. The summed E-state index contributed by atoms with van der Waals surface area (Å²) in [6.07, 6.45) is -3.81. The second-order valence-electron chi connectivity index (χ2n) is 5.07. The maximum atomic E-state index is 11.7. The van der Waals surface area contributed by atoms with Gasteiger partial charge in [-0.15, -0.1) is 0 Å². The van der Waals surface area contributed by atoms with Crippen molar-refractivity contribution in [2.45, 2.75) is 24.5 Å². The van der Waals surface area contributed by atoms with Gasteiger partial charge < -0.3 is 39.9 Å². The smallest absolute Gasteiger partial charge is 0.387 e. The number of nitrogens with zero attached hydrogens (tertiary/aromatic N) is 2. The minimum atomic E-state index is -4.73. The van der Waals surface area contributed by atoms with Crippen molar-refractivity contribution in [3.63, 3.8) is 0 Å². The van der Waals surface area contributed by atoms with E-state index in [2.05, 4.69) is 19.8 Å². The van der Waals surface area contributed by atoms with Crippen molar-refractivity contribution in [2.24, 2.45) is 0 Å². The van der Waals surface area contributed by atoms with Gasteiger partial charge in [0.15, 0.2) is 12.0 Å². The highest BCUT2D eigenvalue weighted by Gasteiger charge is 2.48. The molecule has 0 spiro atoms. The Bertz CT molecular complexity index is 692. The highest BCUT2D eigenvalue weighted by molar-refractivity contribution is 7.46. The Hall–Kier alpha value is -1.53. The SMILES string of the molecule is O=c1[nH]cnc2c1NCN2[C@@H]1O[C@H](COP(=O)(O)O)[C@@H](O)[C@H]1O. The van der Waals surface area contributed by atoms with Crippen molar-refractivity contribution < 1.29 is 33.8 Å². The summed E-state index contributed by atoms with van der Waals surface area (Å²) in [6, 6.07) is 0. The van der Waals surface area contributed by atoms with Gasteiger partial charge in [0.1, 0.15) is 24.0 Å². The second-order valence-corrected chi connectivity index (χ2v) is 6.31. The lowest BCUT2D eigenvalue weighted by Gasteiger charge is -2.26. The van der Waals surface area contributed by atoms with Crippen molar-refractivity contribution in [3.8, 4) is 0 Å². The summed E-state index contributed by atoms with van der Waals surface area (Å²) in [5.41, 5.74) is -0.195. The van der Waals surface area contributed by atoms with Crippen LogP contribution in [0.2, 0.25) is 0 Å². The molecule has 1 fully saturated rings. The molecule has 0 bridgehead atoms. The number of hydrogen-bond acceptors (Lipinski definition) is 9. The van der Waals surface area contributed by atoms with E-state index < -0.39 is 44.5 Å². The third-order valence-corrected chi connectivity index (χ3v) is 4.07. The van der Waals surface area contributed by atoms with E-state index >= 15 is 0 Å². The molecule has 2 aliphatic heterocycles. The van der Waals surface area contributed by atoms with Gasteiger partial charge >= 0.3 is 7.82 Å². The Balaban J connectivity index is 1.77. The fraction of sp³-hybridized carbons (Fsp3) is 0.600. The zero-order valence-corrected chi connectivity index (χ0v) is 12.5. The van der Waals surface area contributed by atoms with Crippen LogP contribution < -0.4 is 15.8 Å². The van der Waals surface area contributed by atoms with Crippen LogP contribution >= 0.6 is 7.82 Å². The Morgan fingerprint density at radius 2 is 2.17 bits per heavy atom. The van der Waals surface area contributed by atoms with Crippen LogP contribution in [0.5, 0.6) is 0 Å². The summed E-state index contributed by atoms with van der Waals surface area (Å²) in [4.78, 5) is 36.8. The molecule has 23 heavy (non-hydrogen) atoms. The molecule has 6 N–H and O–H groups in total. The van der Waals surface area contributed by atoms with Gasteiger partial charge in [-0.25, -0.2) is 9.55 Å². The van der Waals surface area contributed by atoms with Crippen molar-refractivity contribution in [3.05, 3.63) is 16.7 Å². The van der Waals surface area contributed by atoms with Gasteiger partial charge in [-0.05, 0) is 0 Å². The van der Waals surface area contributed by atoms with E-state index in [1.54, 1.807) is 0 Å². The Morgan fingerprint density at radius 3 is 2.87 bits per heavy atom. The number of aliphatic hydroxyl groups excluding tert-OH is 2. The number of ether oxygens (including phenoxy) is 1. The van der Waals surface area contributed by atoms with E-state index in [-0.39, 0.29) is 18.2 Å². The minimum absolute atomic E-state index is 0.107. The maximum Gasteiger partial charge on any atom is 0.469 e. The zero-order chi connectivity index (χ0) is 16.8. The average molecular weight is 350 g/mol. The first-order valence-corrected chi connectivity index (χ1v) is 8.11. The average Bonchev–Trinajstić information content (AvgIpc) is 3.01. The van der Waals surface area contributed by atoms with E-state index in [4.69, 9.17) is 14.5 Å². The number of hydrogen-bond donors (Lipinski definition) is 6. The molecule has 1 aromatic heterocycles. The van der Waals surface area contributed by atoms with Crippen LogP contribution in [0.15, 0.2) is 11.1 Å². The maximum absolute atomic E-state index is 11.7. The number of fused-ring (bicyclic) bond motifs is 1. The van der Waals surface area contributed by atoms with Crippen molar-refractivity contribution in [1.29, 1.82) is 0 Å². The molecule has 13 heteroatoms. The summed E-state index contributed by atoms with van der Waals surface area (Å²) in [5, 5.41) is 22.8. The lowest BCUT2D eigenvalue weighted by molar-refractivity contribution is -0.0216. The second kappa shape index (κ2) is 5.83. The topological polar surface area (TPSA) is 177 Å². The molecule has 1 saturated heterocycles. The molecule has 0 aliphatic carbocycles. The largest absolute Gasteiger partial charge is 0.469 e. The lowest BCUT2D eigenvalue weighted by atomic mass is 10.1. The van der Waals surface area contributed by atoms with Crippen LogP contribution in [0.25, 0.3) is 0 Å². The Labute approximate surface area is 128 Å². The van der Waals surface area contributed by atoms with Crippen LogP contribution in [-0.4, -0.2) is 67.8 Å². The fourth-order valence-corrected chi connectivity index (χ4v) is 2.85. The van der Waals surface area contributed by atoms with E-state index in [1.807, 2.05) is 0 Å². The minimum Gasteiger partial charge on any atom is -0.387 e. The molecule has 4 atom stereocenters. The van der Waals surface area contributed by atoms with Crippen LogP contribution in [0.3, 0.4) is 0 Å². The molecule has 0 unspecified atom stereocenters. The predicted molar refractivity (Wildman–Crippen MR) is 74.5 cm³/mol. The molecule has 3 heterocycles. The van der Waals surface area contributed by atoms with Gasteiger partial charge in [-0.1, -0.05) is 0 Å². The number of aromatic nitrogens is 2. The zero-order valence-electron chi connectivity index (χ0n) is 11.6. The number of aromatic amines is 1. The summed E-state index contributed by atoms with van der Waals surface area (Å²) in [7, 11) is -4.73. The third-order valence-electron chi connectivity index (χ3n) is 3.58. The van der Waals surface area contributed by atoms with E-state index in [0.29, 0.717) is 0 Å². The Kier molecular flexibility index (Phi) is 4.14. The van der Waals surface area contributed by atoms with Gasteiger partial charge in [0.25, 0.3) is 5.56 Å². The van der Waals surface area contributed by atoms with Crippen LogP contribution in [0.4, 0.5) is 11.5 Å². The molecule has 0 radical (unpaired) electrons. The Morgan fingerprint density at radius 1 is 1.43 bits per heavy atom. The highest BCUT2D eigenvalue weighted by Crippen LogP contribution is 2.38. The summed E-state index contributed by atoms with van der Waals surface area (Å²) >= 11 is 0. The van der Waals surface area contributed by atoms with Gasteiger partial charge in [0.05, 0.1) is 19.6 Å². The number of phosphoric ester groups is 1. The van der Waals surface area contributed by atoms with Crippen molar-refractivity contribution in [2.75, 3.05) is 23.5 Å². The predicted octanol–water partition coefficient (Wildman–Crippen LogP) is -2.48. The van der Waals surface area contributed by atoms with Gasteiger partial charge in [0, 0.05) is 0 Å². The quantitative estimate of drug-likeness (QED) is 0.317. The molecule has 1 aromatic rings. The molecule has 0 aromatic carbocycles. The van der Waals surface area contributed by atoms with Crippen LogP contribution in [0.1, 0.15) is 0 Å². The lowest BCUT2D eigenvalue weighted by Crippen LogP contribution is -2.44. The number of nitrogens with one attached hydrogen (secondary N) is 2. The van der Waals surface area contributed by atoms with Gasteiger partial charge in [-0.3, -0.25) is 9.32 Å². The van der Waals surface area contributed by atoms with Crippen molar-refractivity contribution in [1.82, 2.24) is 9.97 Å². The first kappa shape index (κ1) is 16.3. The molecular weight excluding hydrogens is 335 g/mol. The summed E-state index contributed by atoms with van der Waals surface area (Å²) < 4.78 is 20.4. The summed E-state index contributed by atoms with van der Waals surface area (Å²) in [5.74, 6) is 0.238. The fourth-order valence-electron chi connectivity index (χ4n) is 2.51. The normalized spacial score (nSPS) is 30.3. The monoisotopic (exact) mass is 350 g/mol. The first-order valence-electron chi connectivity index (χ1n) is 6.58. The van der Waals surface area contributed by atoms with E-state index in [0.717, 1.165) is 0 Å². The van der Waals surface area contributed by atoms with Crippen molar-refractivity contribution >= 4 is 19.3 Å². The standard InChI is InChI=1S/C10H15N4O8P/c15-6-4(1-21-23(18,19)20)22-10(7(6)16)14-3-13-5-8(14)11-2-12-9(5)17/h2,4,6-7,10,13,15-16H,1,3H2,(H,11,12,17)(H2,18,19,20)/t4-,6-,7-,10-/m1/s1. The van der Waals surface area contributed by atoms with Crippen LogP contribution in [-0.2, 0) is 13.8 Å². The summed E-state index contributed by atoms with van der Waals surface area (Å²) in [6.45, 7) is -0.494. The first-order chi connectivity index (χ1) is 10.8. The molecule has 3 rings (SSSR count). The number of aliphatic hydroxyl groups is 2. The van der Waals surface area contributed by atoms with Crippen LogP contribution in [0, 0.1) is 0 Å². The number of phosphoric acid groups is 1. The molecule has 128 valence electrons. The van der Waals surface area contributed by atoms with Gasteiger partial charge in [0.2, 0.25) is 0 Å². The molecule has 12 nitrogen and oxygen atoms in total. The highest BCUT2D eigenvalue weighted by atomic mass is 31.2. The number of H-pyrrole nitrogens is 1. The third kappa shape index (κ3) is 3.10.